The molecule has 2 aromatic heterocycles. The Morgan fingerprint density at radius 1 is 1.43 bits per heavy atom. The first-order chi connectivity index (χ1) is 11.1. The Morgan fingerprint density at radius 2 is 2.26 bits per heavy atom. The van der Waals surface area contributed by atoms with Gasteiger partial charge in [0.2, 0.25) is 5.91 Å². The number of rotatable bonds is 7. The molecule has 0 aliphatic carbocycles. The van der Waals surface area contributed by atoms with E-state index in [1.165, 1.54) is 6.08 Å². The molecule has 1 amide bonds. The van der Waals surface area contributed by atoms with E-state index in [9.17, 15) is 4.79 Å². The van der Waals surface area contributed by atoms with Crippen LogP contribution in [-0.4, -0.2) is 34.4 Å². The molecule has 0 aromatic carbocycles. The normalized spacial score (nSPS) is 11.1. The Labute approximate surface area is 136 Å². The second kappa shape index (κ2) is 8.24. The highest BCUT2D eigenvalue weighted by Crippen LogP contribution is 2.12. The zero-order chi connectivity index (χ0) is 16.7. The van der Waals surface area contributed by atoms with Gasteiger partial charge in [0, 0.05) is 43.4 Å². The molecule has 122 valence electrons. The molecule has 0 saturated heterocycles. The van der Waals surface area contributed by atoms with Gasteiger partial charge < -0.3 is 10.1 Å². The predicted octanol–water partition coefficient (Wildman–Crippen LogP) is 1.87. The number of pyridine rings is 1. The van der Waals surface area contributed by atoms with E-state index in [1.54, 1.807) is 25.6 Å². The van der Waals surface area contributed by atoms with E-state index in [1.807, 2.05) is 30.7 Å². The maximum atomic E-state index is 11.9. The highest BCUT2D eigenvalue weighted by molar-refractivity contribution is 5.91. The fourth-order valence-electron chi connectivity index (χ4n) is 2.27. The second-order valence-electron chi connectivity index (χ2n) is 5.20. The van der Waals surface area contributed by atoms with Crippen LogP contribution in [0.25, 0.3) is 6.08 Å². The standard InChI is InChI=1S/C17H22N4O2/c1-13-16(14(2)21(20-13)9-10-23-3)12-19-17(22)7-6-15-5-4-8-18-11-15/h4-8,11H,9-10,12H2,1-3H3,(H,19,22)/b7-6+. The van der Waals surface area contributed by atoms with Gasteiger partial charge in [0.15, 0.2) is 0 Å². The number of hydrogen-bond acceptors (Lipinski definition) is 4. The molecule has 0 fully saturated rings. The van der Waals surface area contributed by atoms with Crippen molar-refractivity contribution in [3.05, 3.63) is 53.1 Å². The van der Waals surface area contributed by atoms with Crippen LogP contribution in [0.5, 0.6) is 0 Å². The largest absolute Gasteiger partial charge is 0.383 e. The van der Waals surface area contributed by atoms with Gasteiger partial charge >= 0.3 is 0 Å². The first-order valence-electron chi connectivity index (χ1n) is 7.49. The van der Waals surface area contributed by atoms with Crippen molar-refractivity contribution in [1.82, 2.24) is 20.1 Å². The fraction of sp³-hybridized carbons (Fsp3) is 0.353. The van der Waals surface area contributed by atoms with Crippen LogP contribution >= 0.6 is 0 Å². The van der Waals surface area contributed by atoms with Crippen LogP contribution in [0, 0.1) is 13.8 Å². The Kier molecular flexibility index (Phi) is 6.05. The molecule has 0 unspecified atom stereocenters. The molecule has 0 aliphatic rings. The van der Waals surface area contributed by atoms with Crippen LogP contribution in [0.1, 0.15) is 22.5 Å². The zero-order valence-electron chi connectivity index (χ0n) is 13.7. The van der Waals surface area contributed by atoms with Crippen LogP contribution in [0.2, 0.25) is 0 Å². The van der Waals surface area contributed by atoms with Gasteiger partial charge in [-0.1, -0.05) is 6.07 Å². The van der Waals surface area contributed by atoms with Crippen molar-refractivity contribution in [2.45, 2.75) is 26.9 Å². The summed E-state index contributed by atoms with van der Waals surface area (Å²) in [5, 5.41) is 7.37. The minimum absolute atomic E-state index is 0.141. The monoisotopic (exact) mass is 314 g/mol. The van der Waals surface area contributed by atoms with Crippen molar-refractivity contribution >= 4 is 12.0 Å². The van der Waals surface area contributed by atoms with Gasteiger partial charge in [-0.05, 0) is 31.6 Å². The third-order valence-electron chi connectivity index (χ3n) is 3.59. The first-order valence-corrected chi connectivity index (χ1v) is 7.49. The van der Waals surface area contributed by atoms with Crippen molar-refractivity contribution in [1.29, 1.82) is 0 Å². The number of nitrogens with zero attached hydrogens (tertiary/aromatic N) is 3. The summed E-state index contributed by atoms with van der Waals surface area (Å²) in [6.07, 6.45) is 6.66. The second-order valence-corrected chi connectivity index (χ2v) is 5.20. The van der Waals surface area contributed by atoms with Gasteiger partial charge in [-0.15, -0.1) is 0 Å². The minimum Gasteiger partial charge on any atom is -0.383 e. The van der Waals surface area contributed by atoms with Gasteiger partial charge in [-0.25, -0.2) is 0 Å². The summed E-state index contributed by atoms with van der Waals surface area (Å²) in [5.74, 6) is -0.141. The van der Waals surface area contributed by atoms with E-state index in [-0.39, 0.29) is 5.91 Å². The van der Waals surface area contributed by atoms with E-state index in [0.29, 0.717) is 19.7 Å². The average Bonchev–Trinajstić information content (AvgIpc) is 2.83. The molecule has 0 spiro atoms. The topological polar surface area (TPSA) is 69.0 Å². The summed E-state index contributed by atoms with van der Waals surface area (Å²) in [7, 11) is 1.67. The first kappa shape index (κ1) is 16.9. The van der Waals surface area contributed by atoms with Gasteiger partial charge in [0.05, 0.1) is 18.8 Å². The van der Waals surface area contributed by atoms with Crippen LogP contribution in [0.3, 0.4) is 0 Å². The van der Waals surface area contributed by atoms with Gasteiger partial charge in [0.25, 0.3) is 0 Å². The molecule has 23 heavy (non-hydrogen) atoms. The summed E-state index contributed by atoms with van der Waals surface area (Å²) < 4.78 is 6.99. The van der Waals surface area contributed by atoms with E-state index < -0.39 is 0 Å². The third kappa shape index (κ3) is 4.75. The number of aryl methyl sites for hydroxylation is 1. The average molecular weight is 314 g/mol. The lowest BCUT2D eigenvalue weighted by molar-refractivity contribution is -0.116. The number of hydrogen-bond donors (Lipinski definition) is 1. The number of ether oxygens (including phenoxy) is 1. The maximum absolute atomic E-state index is 11.9. The molecule has 2 rings (SSSR count). The predicted molar refractivity (Wildman–Crippen MR) is 88.7 cm³/mol. The van der Waals surface area contributed by atoms with E-state index in [4.69, 9.17) is 4.74 Å². The number of methoxy groups -OCH3 is 1. The quantitative estimate of drug-likeness (QED) is 0.792. The molecule has 1 N–H and O–H groups in total. The van der Waals surface area contributed by atoms with Crippen LogP contribution < -0.4 is 5.32 Å². The number of nitrogens with one attached hydrogen (secondary N) is 1. The van der Waals surface area contributed by atoms with Gasteiger partial charge in [0.1, 0.15) is 0 Å². The SMILES string of the molecule is COCCn1nc(C)c(CNC(=O)/C=C/c2cccnc2)c1C. The van der Waals surface area contributed by atoms with E-state index in [2.05, 4.69) is 15.4 Å². The van der Waals surface area contributed by atoms with Crippen molar-refractivity contribution < 1.29 is 9.53 Å². The Morgan fingerprint density at radius 3 is 2.96 bits per heavy atom. The Hall–Kier alpha value is -2.47. The van der Waals surface area contributed by atoms with Crippen molar-refractivity contribution in [2.75, 3.05) is 13.7 Å². The Balaban J connectivity index is 1.94. The zero-order valence-corrected chi connectivity index (χ0v) is 13.7. The van der Waals surface area contributed by atoms with Crippen LogP contribution in [0.15, 0.2) is 30.6 Å². The van der Waals surface area contributed by atoms with E-state index in [0.717, 1.165) is 22.5 Å². The number of carbonyl (C=O) groups excluding carboxylic acids is 1. The summed E-state index contributed by atoms with van der Waals surface area (Å²) in [4.78, 5) is 15.9. The molecule has 0 aliphatic heterocycles. The molecule has 0 saturated carbocycles. The fourth-order valence-corrected chi connectivity index (χ4v) is 2.27. The molecule has 6 heteroatoms. The van der Waals surface area contributed by atoms with Crippen molar-refractivity contribution in [3.8, 4) is 0 Å². The van der Waals surface area contributed by atoms with Crippen molar-refractivity contribution in [3.63, 3.8) is 0 Å². The summed E-state index contributed by atoms with van der Waals surface area (Å²) in [6, 6.07) is 3.73. The molecule has 2 aromatic rings. The lowest BCUT2D eigenvalue weighted by Gasteiger charge is -2.05. The lowest BCUT2D eigenvalue weighted by Crippen LogP contribution is -2.21. The molecule has 6 nitrogen and oxygen atoms in total. The lowest BCUT2D eigenvalue weighted by atomic mass is 10.2. The highest BCUT2D eigenvalue weighted by atomic mass is 16.5. The van der Waals surface area contributed by atoms with Crippen LogP contribution in [0.4, 0.5) is 0 Å². The molecule has 0 atom stereocenters. The maximum Gasteiger partial charge on any atom is 0.244 e. The van der Waals surface area contributed by atoms with Gasteiger partial charge in [-0.2, -0.15) is 5.10 Å². The molecule has 0 bridgehead atoms. The number of carbonyl (C=O) groups is 1. The smallest absolute Gasteiger partial charge is 0.244 e. The molecular formula is C17H22N4O2. The summed E-state index contributed by atoms with van der Waals surface area (Å²) in [5.41, 5.74) is 3.91. The van der Waals surface area contributed by atoms with Crippen LogP contribution in [-0.2, 0) is 22.6 Å². The molecule has 0 radical (unpaired) electrons. The number of aromatic nitrogens is 3. The third-order valence-corrected chi connectivity index (χ3v) is 3.59. The highest BCUT2D eigenvalue weighted by Gasteiger charge is 2.11. The molecular weight excluding hydrogens is 292 g/mol. The molecule has 2 heterocycles. The van der Waals surface area contributed by atoms with E-state index >= 15 is 0 Å². The summed E-state index contributed by atoms with van der Waals surface area (Å²) >= 11 is 0. The minimum atomic E-state index is -0.141. The van der Waals surface area contributed by atoms with Gasteiger partial charge in [-0.3, -0.25) is 14.5 Å². The number of amides is 1. The summed E-state index contributed by atoms with van der Waals surface area (Å²) in [6.45, 7) is 5.73. The Bertz CT molecular complexity index is 677. The van der Waals surface area contributed by atoms with Crippen molar-refractivity contribution in [2.24, 2.45) is 0 Å².